The van der Waals surface area contributed by atoms with Crippen molar-refractivity contribution in [3.8, 4) is 0 Å². The largest absolute Gasteiger partial charge is 0.480 e. The first-order valence-corrected chi connectivity index (χ1v) is 6.51. The Morgan fingerprint density at radius 3 is 2.32 bits per heavy atom. The molecular formula is C16H23NO2. The monoisotopic (exact) mass is 261 g/mol. The van der Waals surface area contributed by atoms with Crippen molar-refractivity contribution in [2.75, 3.05) is 13.1 Å². The van der Waals surface area contributed by atoms with Gasteiger partial charge in [-0.25, -0.2) is 0 Å². The number of carbonyl (C=O) groups is 1. The molecule has 0 radical (unpaired) electrons. The second kappa shape index (κ2) is 6.53. The molecule has 0 aliphatic heterocycles. The fourth-order valence-electron chi connectivity index (χ4n) is 2.73. The first-order chi connectivity index (χ1) is 8.86. The Balaban J connectivity index is 3.11. The minimum absolute atomic E-state index is 0.0277. The van der Waals surface area contributed by atoms with Gasteiger partial charge in [-0.1, -0.05) is 23.8 Å². The molecule has 19 heavy (non-hydrogen) atoms. The molecule has 3 nitrogen and oxygen atoms in total. The summed E-state index contributed by atoms with van der Waals surface area (Å²) in [7, 11) is 0. The maximum absolute atomic E-state index is 11.0. The zero-order valence-corrected chi connectivity index (χ0v) is 12.2. The Hall–Kier alpha value is -1.61. The number of hydrogen-bond donors (Lipinski definition) is 1. The highest BCUT2D eigenvalue weighted by atomic mass is 16.4. The van der Waals surface area contributed by atoms with E-state index < -0.39 is 5.97 Å². The average Bonchev–Trinajstić information content (AvgIpc) is 2.26. The molecule has 1 N–H and O–H groups in total. The van der Waals surface area contributed by atoms with E-state index in [2.05, 4.69) is 46.4 Å². The van der Waals surface area contributed by atoms with E-state index in [1.165, 1.54) is 22.3 Å². The summed E-state index contributed by atoms with van der Waals surface area (Å²) in [5.74, 6) is -0.809. The standard InChI is InChI=1S/C16H23NO2/c1-6-7-17(10-15(18)19)14(5)16-12(3)8-11(2)9-13(16)4/h6,8-9,14H,1,7,10H2,2-5H3,(H,18,19). The Kier molecular flexibility index (Phi) is 5.31. The van der Waals surface area contributed by atoms with Crippen molar-refractivity contribution in [3.05, 3.63) is 47.0 Å². The number of aryl methyl sites for hydroxylation is 3. The normalized spacial score (nSPS) is 12.5. The van der Waals surface area contributed by atoms with Crippen LogP contribution in [0.2, 0.25) is 0 Å². The summed E-state index contributed by atoms with van der Waals surface area (Å²) < 4.78 is 0. The van der Waals surface area contributed by atoms with E-state index in [-0.39, 0.29) is 12.6 Å². The minimum Gasteiger partial charge on any atom is -0.480 e. The zero-order valence-electron chi connectivity index (χ0n) is 12.2. The van der Waals surface area contributed by atoms with Crippen molar-refractivity contribution in [2.24, 2.45) is 0 Å². The molecule has 0 amide bonds. The second-order valence-electron chi connectivity index (χ2n) is 5.10. The lowest BCUT2D eigenvalue weighted by atomic mass is 9.94. The van der Waals surface area contributed by atoms with Crippen molar-refractivity contribution in [3.63, 3.8) is 0 Å². The number of carboxylic acids is 1. The van der Waals surface area contributed by atoms with Crippen LogP contribution in [0.3, 0.4) is 0 Å². The lowest BCUT2D eigenvalue weighted by Gasteiger charge is -2.29. The van der Waals surface area contributed by atoms with E-state index in [9.17, 15) is 4.79 Å². The van der Waals surface area contributed by atoms with Crippen LogP contribution in [0.4, 0.5) is 0 Å². The molecule has 1 unspecified atom stereocenters. The third kappa shape index (κ3) is 3.93. The van der Waals surface area contributed by atoms with Crippen molar-refractivity contribution in [1.29, 1.82) is 0 Å². The molecule has 0 saturated carbocycles. The summed E-state index contributed by atoms with van der Waals surface area (Å²) in [4.78, 5) is 12.9. The van der Waals surface area contributed by atoms with Crippen molar-refractivity contribution in [2.45, 2.75) is 33.7 Å². The van der Waals surface area contributed by atoms with E-state index >= 15 is 0 Å². The van der Waals surface area contributed by atoms with Crippen LogP contribution in [0.5, 0.6) is 0 Å². The quantitative estimate of drug-likeness (QED) is 0.799. The Morgan fingerprint density at radius 2 is 1.89 bits per heavy atom. The summed E-state index contributed by atoms with van der Waals surface area (Å²) in [5.41, 5.74) is 4.88. The van der Waals surface area contributed by atoms with Crippen LogP contribution in [-0.4, -0.2) is 29.1 Å². The molecule has 0 aliphatic carbocycles. The van der Waals surface area contributed by atoms with E-state index in [1.807, 2.05) is 4.90 Å². The Labute approximate surface area is 115 Å². The second-order valence-corrected chi connectivity index (χ2v) is 5.10. The SMILES string of the molecule is C=CCN(CC(=O)O)C(C)c1c(C)cc(C)cc1C. The van der Waals surface area contributed by atoms with Crippen LogP contribution >= 0.6 is 0 Å². The molecule has 0 bridgehead atoms. The first kappa shape index (κ1) is 15.4. The van der Waals surface area contributed by atoms with E-state index in [0.29, 0.717) is 6.54 Å². The molecule has 0 saturated heterocycles. The smallest absolute Gasteiger partial charge is 0.317 e. The van der Waals surface area contributed by atoms with Gasteiger partial charge in [0.25, 0.3) is 0 Å². The zero-order chi connectivity index (χ0) is 14.6. The minimum atomic E-state index is -0.809. The molecule has 1 rings (SSSR count). The molecule has 0 aromatic heterocycles. The lowest BCUT2D eigenvalue weighted by molar-refractivity contribution is -0.138. The molecule has 0 heterocycles. The third-order valence-corrected chi connectivity index (χ3v) is 3.41. The number of benzene rings is 1. The van der Waals surface area contributed by atoms with Gasteiger partial charge in [-0.15, -0.1) is 6.58 Å². The molecule has 0 fully saturated rings. The van der Waals surface area contributed by atoms with Crippen LogP contribution in [0, 0.1) is 20.8 Å². The molecule has 0 aliphatic rings. The number of nitrogens with zero attached hydrogens (tertiary/aromatic N) is 1. The van der Waals surface area contributed by atoms with Gasteiger partial charge in [-0.3, -0.25) is 9.69 Å². The first-order valence-electron chi connectivity index (χ1n) is 6.51. The van der Waals surface area contributed by atoms with Gasteiger partial charge in [0.15, 0.2) is 0 Å². The van der Waals surface area contributed by atoms with Crippen molar-refractivity contribution < 1.29 is 9.90 Å². The summed E-state index contributed by atoms with van der Waals surface area (Å²) in [6.45, 7) is 12.6. The number of rotatable bonds is 6. The predicted octanol–water partition coefficient (Wildman–Crippen LogP) is 3.25. The number of hydrogen-bond acceptors (Lipinski definition) is 2. The summed E-state index contributed by atoms with van der Waals surface area (Å²) in [6.07, 6.45) is 1.75. The molecule has 0 spiro atoms. The third-order valence-electron chi connectivity index (χ3n) is 3.41. The van der Waals surface area contributed by atoms with Crippen LogP contribution < -0.4 is 0 Å². The molecule has 3 heteroatoms. The summed E-state index contributed by atoms with van der Waals surface area (Å²) in [6, 6.07) is 4.35. The van der Waals surface area contributed by atoms with Crippen LogP contribution in [0.15, 0.2) is 24.8 Å². The van der Waals surface area contributed by atoms with Crippen molar-refractivity contribution in [1.82, 2.24) is 4.90 Å². The number of carboxylic acid groups (broad SMARTS) is 1. The molecule has 1 aromatic rings. The van der Waals surface area contributed by atoms with E-state index in [1.54, 1.807) is 6.08 Å². The van der Waals surface area contributed by atoms with Crippen LogP contribution in [-0.2, 0) is 4.79 Å². The highest BCUT2D eigenvalue weighted by Crippen LogP contribution is 2.27. The summed E-state index contributed by atoms with van der Waals surface area (Å²) >= 11 is 0. The number of aliphatic carboxylic acids is 1. The fourth-order valence-corrected chi connectivity index (χ4v) is 2.73. The molecular weight excluding hydrogens is 238 g/mol. The van der Waals surface area contributed by atoms with Crippen LogP contribution in [0.25, 0.3) is 0 Å². The lowest BCUT2D eigenvalue weighted by Crippen LogP contribution is -2.33. The highest BCUT2D eigenvalue weighted by Gasteiger charge is 2.20. The average molecular weight is 261 g/mol. The molecule has 104 valence electrons. The van der Waals surface area contributed by atoms with E-state index in [4.69, 9.17) is 5.11 Å². The predicted molar refractivity (Wildman–Crippen MR) is 78.5 cm³/mol. The molecule has 1 aromatic carbocycles. The molecule has 1 atom stereocenters. The van der Waals surface area contributed by atoms with Gasteiger partial charge in [-0.05, 0) is 44.4 Å². The topological polar surface area (TPSA) is 40.5 Å². The van der Waals surface area contributed by atoms with Gasteiger partial charge in [0.05, 0.1) is 6.54 Å². The Morgan fingerprint density at radius 1 is 1.37 bits per heavy atom. The maximum atomic E-state index is 11.0. The van der Waals surface area contributed by atoms with Gasteiger partial charge in [0.1, 0.15) is 0 Å². The highest BCUT2D eigenvalue weighted by molar-refractivity contribution is 5.69. The Bertz CT molecular complexity index is 457. The fraction of sp³-hybridized carbons (Fsp3) is 0.438. The van der Waals surface area contributed by atoms with Crippen LogP contribution in [0.1, 0.15) is 35.2 Å². The maximum Gasteiger partial charge on any atom is 0.317 e. The van der Waals surface area contributed by atoms with Gasteiger partial charge in [-0.2, -0.15) is 0 Å². The van der Waals surface area contributed by atoms with Crippen molar-refractivity contribution >= 4 is 5.97 Å². The summed E-state index contributed by atoms with van der Waals surface area (Å²) in [5, 5.41) is 9.01. The van der Waals surface area contributed by atoms with Gasteiger partial charge in [0.2, 0.25) is 0 Å². The van der Waals surface area contributed by atoms with E-state index in [0.717, 1.165) is 0 Å². The van der Waals surface area contributed by atoms with Gasteiger partial charge in [0, 0.05) is 12.6 Å². The van der Waals surface area contributed by atoms with Gasteiger partial charge >= 0.3 is 5.97 Å². The van der Waals surface area contributed by atoms with Gasteiger partial charge < -0.3 is 5.11 Å².